The molecule has 2 N–H and O–H groups in total. The van der Waals surface area contributed by atoms with Crippen LogP contribution in [0.5, 0.6) is 11.5 Å². The van der Waals surface area contributed by atoms with Crippen molar-refractivity contribution in [3.63, 3.8) is 0 Å². The van der Waals surface area contributed by atoms with Crippen molar-refractivity contribution in [3.8, 4) is 11.5 Å². The van der Waals surface area contributed by atoms with Crippen LogP contribution in [0.3, 0.4) is 0 Å². The van der Waals surface area contributed by atoms with Crippen molar-refractivity contribution in [2.24, 2.45) is 5.92 Å². The highest BCUT2D eigenvalue weighted by Gasteiger charge is 2.33. The molecule has 4 rings (SSSR count). The molecule has 2 aromatic rings. The van der Waals surface area contributed by atoms with Gasteiger partial charge in [0.15, 0.2) is 11.5 Å². The van der Waals surface area contributed by atoms with Crippen LogP contribution in [0.15, 0.2) is 48.5 Å². The average Bonchev–Trinajstić information content (AvgIpc) is 3.42. The summed E-state index contributed by atoms with van der Waals surface area (Å²) >= 11 is 0. The molecule has 6 nitrogen and oxygen atoms in total. The van der Waals surface area contributed by atoms with Crippen molar-refractivity contribution < 1.29 is 19.1 Å². The second-order valence-corrected chi connectivity index (χ2v) is 6.95. The molecule has 2 amide bonds. The highest BCUT2D eigenvalue weighted by Crippen LogP contribution is 2.44. The normalized spacial score (nSPS) is 15.9. The molecule has 1 aliphatic carbocycles. The lowest BCUT2D eigenvalue weighted by Crippen LogP contribution is -2.33. The number of benzene rings is 2. The Morgan fingerprint density at radius 2 is 1.78 bits per heavy atom. The number of hydrogen-bond acceptors (Lipinski definition) is 4. The molecule has 6 heteroatoms. The van der Waals surface area contributed by atoms with Gasteiger partial charge in [0.25, 0.3) is 0 Å². The smallest absolute Gasteiger partial charge is 0.243 e. The van der Waals surface area contributed by atoms with Gasteiger partial charge < -0.3 is 20.1 Å². The van der Waals surface area contributed by atoms with Gasteiger partial charge in [0.2, 0.25) is 18.6 Å². The number of anilines is 1. The third-order valence-corrected chi connectivity index (χ3v) is 4.93. The van der Waals surface area contributed by atoms with E-state index in [9.17, 15) is 9.59 Å². The Morgan fingerprint density at radius 1 is 1.00 bits per heavy atom. The number of amides is 2. The van der Waals surface area contributed by atoms with Crippen LogP contribution in [0.25, 0.3) is 0 Å². The van der Waals surface area contributed by atoms with Gasteiger partial charge in [-0.25, -0.2) is 0 Å². The quantitative estimate of drug-likeness (QED) is 0.790. The first-order valence-corrected chi connectivity index (χ1v) is 9.20. The van der Waals surface area contributed by atoms with E-state index in [0.717, 1.165) is 12.8 Å². The van der Waals surface area contributed by atoms with E-state index < -0.39 is 0 Å². The molecule has 2 aliphatic rings. The summed E-state index contributed by atoms with van der Waals surface area (Å²) in [6, 6.07) is 15.3. The highest BCUT2D eigenvalue weighted by atomic mass is 16.7. The van der Waals surface area contributed by atoms with Crippen molar-refractivity contribution in [1.29, 1.82) is 0 Å². The van der Waals surface area contributed by atoms with Crippen LogP contribution < -0.4 is 20.1 Å². The number of nitrogens with one attached hydrogen (secondary N) is 2. The maximum absolute atomic E-state index is 12.3. The Hall–Kier alpha value is -3.02. The standard InChI is InChI=1S/C21H22N2O4/c24-20(11-17(15-6-7-15)14-4-2-1-3-5-14)22-12-21(25)23-16-8-9-18-19(10-16)27-13-26-18/h1-5,8-10,15,17H,6-7,11-13H2,(H,22,24)(H,23,25). The van der Waals surface area contributed by atoms with Crippen LogP contribution in [-0.4, -0.2) is 25.2 Å². The molecule has 1 heterocycles. The minimum absolute atomic E-state index is 0.0561. The maximum Gasteiger partial charge on any atom is 0.243 e. The van der Waals surface area contributed by atoms with Crippen LogP contribution in [0.4, 0.5) is 5.69 Å². The van der Waals surface area contributed by atoms with Crippen molar-refractivity contribution >= 4 is 17.5 Å². The molecule has 1 unspecified atom stereocenters. The maximum atomic E-state index is 12.3. The van der Waals surface area contributed by atoms with Crippen LogP contribution in [-0.2, 0) is 9.59 Å². The average molecular weight is 366 g/mol. The van der Waals surface area contributed by atoms with Crippen LogP contribution in [0.2, 0.25) is 0 Å². The highest BCUT2D eigenvalue weighted by molar-refractivity contribution is 5.94. The lowest BCUT2D eigenvalue weighted by atomic mass is 9.91. The van der Waals surface area contributed by atoms with Gasteiger partial charge >= 0.3 is 0 Å². The van der Waals surface area contributed by atoms with Gasteiger partial charge in [-0.3, -0.25) is 9.59 Å². The predicted octanol–water partition coefficient (Wildman–Crippen LogP) is 3.05. The van der Waals surface area contributed by atoms with Gasteiger partial charge in [-0.2, -0.15) is 0 Å². The summed E-state index contributed by atoms with van der Waals surface area (Å²) in [7, 11) is 0. The summed E-state index contributed by atoms with van der Waals surface area (Å²) in [5.74, 6) is 1.69. The summed E-state index contributed by atoms with van der Waals surface area (Å²) in [5, 5.41) is 5.49. The lowest BCUT2D eigenvalue weighted by Gasteiger charge is -2.16. The molecular weight excluding hydrogens is 344 g/mol. The largest absolute Gasteiger partial charge is 0.454 e. The zero-order valence-corrected chi connectivity index (χ0v) is 14.9. The summed E-state index contributed by atoms with van der Waals surface area (Å²) in [4.78, 5) is 24.5. The van der Waals surface area contributed by atoms with Crippen LogP contribution >= 0.6 is 0 Å². The Morgan fingerprint density at radius 3 is 2.56 bits per heavy atom. The van der Waals surface area contributed by atoms with Gasteiger partial charge in [-0.1, -0.05) is 30.3 Å². The molecule has 2 aromatic carbocycles. The van der Waals surface area contributed by atoms with Gasteiger partial charge in [0.1, 0.15) is 0 Å². The predicted molar refractivity (Wildman–Crippen MR) is 101 cm³/mol. The van der Waals surface area contributed by atoms with Crippen LogP contribution in [0.1, 0.15) is 30.7 Å². The molecule has 140 valence electrons. The van der Waals surface area contributed by atoms with E-state index in [4.69, 9.17) is 9.47 Å². The first kappa shape index (κ1) is 17.4. The van der Waals surface area contributed by atoms with Crippen molar-refractivity contribution in [3.05, 3.63) is 54.1 Å². The van der Waals surface area contributed by atoms with E-state index in [1.807, 2.05) is 18.2 Å². The summed E-state index contributed by atoms with van der Waals surface area (Å²) in [5.41, 5.74) is 1.80. The van der Waals surface area contributed by atoms with E-state index in [-0.39, 0.29) is 31.1 Å². The van der Waals surface area contributed by atoms with Gasteiger partial charge in [0, 0.05) is 18.2 Å². The second-order valence-electron chi connectivity index (χ2n) is 6.95. The number of rotatable bonds is 7. The first-order valence-electron chi connectivity index (χ1n) is 9.20. The number of carbonyl (C=O) groups is 2. The number of hydrogen-bond donors (Lipinski definition) is 2. The third-order valence-electron chi connectivity index (χ3n) is 4.93. The zero-order chi connectivity index (χ0) is 18.6. The molecule has 0 radical (unpaired) electrons. The third kappa shape index (κ3) is 4.39. The van der Waals surface area contributed by atoms with Crippen molar-refractivity contribution in [2.75, 3.05) is 18.7 Å². The minimum atomic E-state index is -0.273. The molecule has 0 spiro atoms. The Balaban J connectivity index is 1.28. The lowest BCUT2D eigenvalue weighted by molar-refractivity contribution is -0.124. The molecule has 1 atom stereocenters. The van der Waals surface area contributed by atoms with Crippen molar-refractivity contribution in [1.82, 2.24) is 5.32 Å². The van der Waals surface area contributed by atoms with Crippen LogP contribution in [0, 0.1) is 5.92 Å². The van der Waals surface area contributed by atoms with E-state index in [1.54, 1.807) is 18.2 Å². The fourth-order valence-corrected chi connectivity index (χ4v) is 3.39. The van der Waals surface area contributed by atoms with E-state index in [2.05, 4.69) is 22.8 Å². The fourth-order valence-electron chi connectivity index (χ4n) is 3.39. The Bertz CT molecular complexity index is 833. The number of carbonyl (C=O) groups excluding carboxylic acids is 2. The van der Waals surface area contributed by atoms with E-state index >= 15 is 0 Å². The fraction of sp³-hybridized carbons (Fsp3) is 0.333. The molecule has 0 bridgehead atoms. The number of fused-ring (bicyclic) bond motifs is 1. The second kappa shape index (κ2) is 7.70. The molecule has 0 aromatic heterocycles. The molecule has 1 saturated carbocycles. The number of ether oxygens (including phenoxy) is 2. The Labute approximate surface area is 157 Å². The molecular formula is C21H22N2O4. The van der Waals surface area contributed by atoms with E-state index in [0.29, 0.717) is 29.5 Å². The summed E-state index contributed by atoms with van der Waals surface area (Å²) < 4.78 is 10.5. The van der Waals surface area contributed by atoms with Crippen molar-refractivity contribution in [2.45, 2.75) is 25.2 Å². The van der Waals surface area contributed by atoms with E-state index in [1.165, 1.54) is 5.56 Å². The topological polar surface area (TPSA) is 76.7 Å². The SMILES string of the molecule is O=C(CC(c1ccccc1)C1CC1)NCC(=O)Nc1ccc2c(c1)OCO2. The van der Waals surface area contributed by atoms with Gasteiger partial charge in [-0.05, 0) is 42.4 Å². The molecule has 1 fully saturated rings. The monoisotopic (exact) mass is 366 g/mol. The summed E-state index contributed by atoms with van der Waals surface area (Å²) in [6.45, 7) is 0.131. The van der Waals surface area contributed by atoms with Gasteiger partial charge in [-0.15, -0.1) is 0 Å². The summed E-state index contributed by atoms with van der Waals surface area (Å²) in [6.07, 6.45) is 2.74. The molecule has 27 heavy (non-hydrogen) atoms. The minimum Gasteiger partial charge on any atom is -0.454 e. The molecule has 0 saturated heterocycles. The molecule has 1 aliphatic heterocycles. The Kier molecular flexibility index (Phi) is 4.96. The zero-order valence-electron chi connectivity index (χ0n) is 14.9. The van der Waals surface area contributed by atoms with Gasteiger partial charge in [0.05, 0.1) is 6.54 Å². The first-order chi connectivity index (χ1) is 13.2.